The molecule has 1 fully saturated rings. The highest BCUT2D eigenvalue weighted by Crippen LogP contribution is 2.30. The molecule has 122 valence electrons. The summed E-state index contributed by atoms with van der Waals surface area (Å²) in [5.41, 5.74) is 0.979. The van der Waals surface area contributed by atoms with Gasteiger partial charge in [-0.25, -0.2) is 13.1 Å². The Kier molecular flexibility index (Phi) is 4.70. The largest absolute Gasteiger partial charge is 0.490 e. The van der Waals surface area contributed by atoms with Crippen molar-refractivity contribution in [2.75, 3.05) is 19.6 Å². The maximum atomic E-state index is 12.4. The average Bonchev–Trinajstić information content (AvgIpc) is 2.87. The fourth-order valence-corrected chi connectivity index (χ4v) is 4.31. The van der Waals surface area contributed by atoms with Crippen molar-refractivity contribution in [2.45, 2.75) is 43.6 Å². The number of ether oxygens (including phenoxy) is 1. The van der Waals surface area contributed by atoms with Gasteiger partial charge in [0, 0.05) is 13.0 Å². The summed E-state index contributed by atoms with van der Waals surface area (Å²) < 4.78 is 33.1. The Labute approximate surface area is 132 Å². The number of sulfonamides is 1. The Morgan fingerprint density at radius 1 is 1.41 bits per heavy atom. The van der Waals surface area contributed by atoms with Crippen molar-refractivity contribution in [3.8, 4) is 5.75 Å². The van der Waals surface area contributed by atoms with E-state index in [1.165, 1.54) is 12.8 Å². The normalized spacial score (nSPS) is 24.8. The molecule has 2 aliphatic heterocycles. The minimum absolute atomic E-state index is 0.125. The van der Waals surface area contributed by atoms with Crippen LogP contribution in [0.3, 0.4) is 0 Å². The van der Waals surface area contributed by atoms with Gasteiger partial charge in [0.15, 0.2) is 0 Å². The van der Waals surface area contributed by atoms with Crippen molar-refractivity contribution >= 4 is 10.0 Å². The maximum Gasteiger partial charge on any atom is 0.240 e. The van der Waals surface area contributed by atoms with Crippen LogP contribution in [0, 0.1) is 5.92 Å². The van der Waals surface area contributed by atoms with Crippen LogP contribution < -0.4 is 14.8 Å². The van der Waals surface area contributed by atoms with Gasteiger partial charge < -0.3 is 10.1 Å². The van der Waals surface area contributed by atoms with Crippen LogP contribution in [0.5, 0.6) is 5.75 Å². The lowest BCUT2D eigenvalue weighted by atomic mass is 9.96. The van der Waals surface area contributed by atoms with Crippen molar-refractivity contribution in [3.05, 3.63) is 23.8 Å². The molecule has 2 unspecified atom stereocenters. The Morgan fingerprint density at radius 2 is 2.27 bits per heavy atom. The van der Waals surface area contributed by atoms with Crippen molar-refractivity contribution in [2.24, 2.45) is 5.92 Å². The Morgan fingerprint density at radius 3 is 3.05 bits per heavy atom. The maximum absolute atomic E-state index is 12.4. The van der Waals surface area contributed by atoms with Crippen LogP contribution in [0.15, 0.2) is 23.1 Å². The standard InChI is InChI=1S/C16H24N2O3S/c1-12-9-14-10-15(4-5-16(14)21-12)22(19,20)18-8-6-13-3-2-7-17-11-13/h4-5,10,12-13,17-18H,2-3,6-9,11H2,1H3. The molecule has 0 aliphatic carbocycles. The van der Waals surface area contributed by atoms with Gasteiger partial charge in [-0.15, -0.1) is 0 Å². The van der Waals surface area contributed by atoms with E-state index in [1.54, 1.807) is 18.2 Å². The quantitative estimate of drug-likeness (QED) is 0.865. The first kappa shape index (κ1) is 15.8. The van der Waals surface area contributed by atoms with E-state index in [2.05, 4.69) is 10.0 Å². The van der Waals surface area contributed by atoms with Gasteiger partial charge in [-0.3, -0.25) is 0 Å². The number of fused-ring (bicyclic) bond motifs is 1. The number of rotatable bonds is 5. The van der Waals surface area contributed by atoms with E-state index < -0.39 is 10.0 Å². The van der Waals surface area contributed by atoms with E-state index in [1.807, 2.05) is 6.92 Å². The van der Waals surface area contributed by atoms with Gasteiger partial charge >= 0.3 is 0 Å². The number of hydrogen-bond acceptors (Lipinski definition) is 4. The third-order valence-corrected chi connectivity index (χ3v) is 5.88. The van der Waals surface area contributed by atoms with E-state index in [9.17, 15) is 8.42 Å². The van der Waals surface area contributed by atoms with Crippen LogP contribution in [0.2, 0.25) is 0 Å². The summed E-state index contributed by atoms with van der Waals surface area (Å²) in [6, 6.07) is 5.13. The molecule has 1 saturated heterocycles. The monoisotopic (exact) mass is 324 g/mol. The summed E-state index contributed by atoms with van der Waals surface area (Å²) in [7, 11) is -3.43. The molecule has 2 heterocycles. The van der Waals surface area contributed by atoms with E-state index in [0.29, 0.717) is 17.4 Å². The zero-order chi connectivity index (χ0) is 15.6. The van der Waals surface area contributed by atoms with Crippen LogP contribution in [0.4, 0.5) is 0 Å². The fourth-order valence-electron chi connectivity index (χ4n) is 3.22. The van der Waals surface area contributed by atoms with Crippen LogP contribution in [-0.4, -0.2) is 34.2 Å². The molecule has 2 N–H and O–H groups in total. The first-order valence-electron chi connectivity index (χ1n) is 8.04. The number of nitrogens with one attached hydrogen (secondary N) is 2. The summed E-state index contributed by atoms with van der Waals surface area (Å²) in [4.78, 5) is 0.339. The summed E-state index contributed by atoms with van der Waals surface area (Å²) in [6.45, 7) is 4.57. The van der Waals surface area contributed by atoms with Crippen LogP contribution in [-0.2, 0) is 16.4 Å². The second-order valence-electron chi connectivity index (χ2n) is 6.30. The Balaban J connectivity index is 1.59. The summed E-state index contributed by atoms with van der Waals surface area (Å²) in [5, 5.41) is 3.36. The third kappa shape index (κ3) is 3.62. The molecular weight excluding hydrogens is 300 g/mol. The van der Waals surface area contributed by atoms with E-state index >= 15 is 0 Å². The van der Waals surface area contributed by atoms with Gasteiger partial charge in [-0.2, -0.15) is 0 Å². The molecule has 0 spiro atoms. The van der Waals surface area contributed by atoms with Crippen molar-refractivity contribution in [1.82, 2.24) is 10.0 Å². The van der Waals surface area contributed by atoms with Gasteiger partial charge in [0.05, 0.1) is 4.90 Å². The Bertz CT molecular complexity index is 624. The first-order chi connectivity index (χ1) is 10.5. The predicted molar refractivity (Wildman–Crippen MR) is 85.6 cm³/mol. The minimum atomic E-state index is -3.43. The van der Waals surface area contributed by atoms with Crippen LogP contribution >= 0.6 is 0 Å². The molecule has 0 saturated carbocycles. The van der Waals surface area contributed by atoms with Crippen LogP contribution in [0.1, 0.15) is 31.7 Å². The van der Waals surface area contributed by atoms with Gasteiger partial charge in [-0.1, -0.05) is 0 Å². The number of hydrogen-bond donors (Lipinski definition) is 2. The molecule has 22 heavy (non-hydrogen) atoms. The second kappa shape index (κ2) is 6.56. The van der Waals surface area contributed by atoms with Gasteiger partial charge in [0.1, 0.15) is 11.9 Å². The molecule has 2 atom stereocenters. The molecule has 3 rings (SSSR count). The molecule has 5 nitrogen and oxygen atoms in total. The van der Waals surface area contributed by atoms with Crippen molar-refractivity contribution < 1.29 is 13.2 Å². The van der Waals surface area contributed by atoms with E-state index in [0.717, 1.165) is 37.2 Å². The second-order valence-corrected chi connectivity index (χ2v) is 8.07. The van der Waals surface area contributed by atoms with Gasteiger partial charge in [0.25, 0.3) is 0 Å². The lowest BCUT2D eigenvalue weighted by Gasteiger charge is -2.22. The van der Waals surface area contributed by atoms with Crippen molar-refractivity contribution in [1.29, 1.82) is 0 Å². The molecule has 2 aliphatic rings. The highest BCUT2D eigenvalue weighted by Gasteiger charge is 2.23. The molecule has 1 aromatic rings. The summed E-state index contributed by atoms with van der Waals surface area (Å²) in [5.74, 6) is 1.38. The SMILES string of the molecule is CC1Cc2cc(S(=O)(=O)NCCC3CCCNC3)ccc2O1. The number of piperidine rings is 1. The average molecular weight is 324 g/mol. The molecular formula is C16H24N2O3S. The van der Waals surface area contributed by atoms with Gasteiger partial charge in [0.2, 0.25) is 10.0 Å². The fraction of sp³-hybridized carbons (Fsp3) is 0.625. The topological polar surface area (TPSA) is 67.4 Å². The molecule has 0 bridgehead atoms. The number of benzene rings is 1. The highest BCUT2D eigenvalue weighted by atomic mass is 32.2. The molecule has 0 aromatic heterocycles. The summed E-state index contributed by atoms with van der Waals surface area (Å²) >= 11 is 0. The van der Waals surface area contributed by atoms with Gasteiger partial charge in [-0.05, 0) is 69.0 Å². The zero-order valence-corrected chi connectivity index (χ0v) is 13.8. The third-order valence-electron chi connectivity index (χ3n) is 4.42. The Hall–Kier alpha value is -1.11. The minimum Gasteiger partial charge on any atom is -0.490 e. The molecule has 0 amide bonds. The highest BCUT2D eigenvalue weighted by molar-refractivity contribution is 7.89. The predicted octanol–water partition coefficient (Wildman–Crippen LogP) is 1.68. The summed E-state index contributed by atoms with van der Waals surface area (Å²) in [6.07, 6.45) is 4.15. The van der Waals surface area contributed by atoms with Crippen LogP contribution in [0.25, 0.3) is 0 Å². The molecule has 1 aromatic carbocycles. The lowest BCUT2D eigenvalue weighted by Crippen LogP contribution is -2.33. The van der Waals surface area contributed by atoms with Crippen molar-refractivity contribution in [3.63, 3.8) is 0 Å². The molecule has 0 radical (unpaired) electrons. The molecule has 6 heteroatoms. The smallest absolute Gasteiger partial charge is 0.240 e. The van der Waals surface area contributed by atoms with E-state index in [4.69, 9.17) is 4.74 Å². The zero-order valence-electron chi connectivity index (χ0n) is 13.0. The van der Waals surface area contributed by atoms with E-state index in [-0.39, 0.29) is 6.10 Å². The first-order valence-corrected chi connectivity index (χ1v) is 9.53. The lowest BCUT2D eigenvalue weighted by molar-refractivity contribution is 0.254.